The van der Waals surface area contributed by atoms with E-state index in [-0.39, 0.29) is 16.5 Å². The van der Waals surface area contributed by atoms with E-state index >= 15 is 0 Å². The predicted molar refractivity (Wildman–Crippen MR) is 150 cm³/mol. The molecule has 4 aromatic rings. The van der Waals surface area contributed by atoms with Crippen LogP contribution in [0.3, 0.4) is 0 Å². The Labute approximate surface area is 223 Å². The lowest BCUT2D eigenvalue weighted by atomic mass is 9.79. The van der Waals surface area contributed by atoms with Gasteiger partial charge in [-0.2, -0.15) is 5.10 Å². The number of hydrogen-bond donors (Lipinski definition) is 0. The number of rotatable bonds is 5. The first-order chi connectivity index (χ1) is 17.8. The predicted octanol–water partition coefficient (Wildman–Crippen LogP) is 7.50. The number of aromatic nitrogens is 2. The lowest BCUT2D eigenvalue weighted by Crippen LogP contribution is -2.16. The largest absolute Gasteiger partial charge is 0.465 e. The molecule has 3 aromatic carbocycles. The van der Waals surface area contributed by atoms with Crippen LogP contribution in [0.25, 0.3) is 28.2 Å². The molecule has 7 nitrogen and oxygen atoms in total. The zero-order valence-electron chi connectivity index (χ0n) is 22.9. The summed E-state index contributed by atoms with van der Waals surface area (Å²) in [5.74, 6) is -0.401. The minimum absolute atomic E-state index is 0.0193. The first-order valence-electron chi connectivity index (χ1n) is 12.5. The Balaban J connectivity index is 1.94. The van der Waals surface area contributed by atoms with Crippen LogP contribution < -0.4 is 0 Å². The molecule has 0 N–H and O–H groups in total. The van der Waals surface area contributed by atoms with E-state index in [1.165, 1.54) is 30.4 Å². The Morgan fingerprint density at radius 1 is 0.816 bits per heavy atom. The maximum atomic E-state index is 11.9. The van der Waals surface area contributed by atoms with Gasteiger partial charge in [0.05, 0.1) is 34.7 Å². The van der Waals surface area contributed by atoms with Crippen LogP contribution in [0.1, 0.15) is 63.0 Å². The molecule has 0 saturated carbocycles. The van der Waals surface area contributed by atoms with Crippen molar-refractivity contribution in [3.8, 4) is 28.2 Å². The van der Waals surface area contributed by atoms with Crippen LogP contribution in [0.15, 0.2) is 72.8 Å². The molecule has 4 rings (SSSR count). The number of benzene rings is 3. The van der Waals surface area contributed by atoms with Gasteiger partial charge in [0, 0.05) is 23.3 Å². The van der Waals surface area contributed by atoms with Gasteiger partial charge in [0.25, 0.3) is 5.69 Å². The minimum Gasteiger partial charge on any atom is -0.465 e. The van der Waals surface area contributed by atoms with E-state index in [4.69, 9.17) is 9.84 Å². The lowest BCUT2D eigenvalue weighted by molar-refractivity contribution is -0.384. The van der Waals surface area contributed by atoms with Crippen LogP contribution >= 0.6 is 0 Å². The second kappa shape index (κ2) is 9.89. The third-order valence-electron chi connectivity index (χ3n) is 6.58. The quantitative estimate of drug-likeness (QED) is 0.157. The molecule has 0 spiro atoms. The van der Waals surface area contributed by atoms with Crippen LogP contribution in [-0.2, 0) is 15.6 Å². The fourth-order valence-corrected chi connectivity index (χ4v) is 4.18. The van der Waals surface area contributed by atoms with E-state index in [1.54, 1.807) is 24.3 Å². The molecule has 0 amide bonds. The van der Waals surface area contributed by atoms with Crippen molar-refractivity contribution < 1.29 is 14.5 Å². The number of nitrogens with zero attached hydrogens (tertiary/aromatic N) is 3. The van der Waals surface area contributed by atoms with Crippen LogP contribution in [0.2, 0.25) is 0 Å². The molecule has 0 saturated heterocycles. The molecule has 0 aliphatic heterocycles. The van der Waals surface area contributed by atoms with Crippen molar-refractivity contribution in [2.45, 2.75) is 52.4 Å². The van der Waals surface area contributed by atoms with Crippen LogP contribution in [0.5, 0.6) is 0 Å². The van der Waals surface area contributed by atoms with Crippen molar-refractivity contribution in [3.05, 3.63) is 99.6 Å². The van der Waals surface area contributed by atoms with Gasteiger partial charge in [-0.1, -0.05) is 59.7 Å². The summed E-state index contributed by atoms with van der Waals surface area (Å²) in [5.41, 5.74) is 6.89. The number of carbonyl (C=O) groups excluding carboxylic acids is 1. The van der Waals surface area contributed by atoms with Crippen LogP contribution in [0, 0.1) is 10.1 Å². The molecule has 1 heterocycles. The van der Waals surface area contributed by atoms with Gasteiger partial charge in [-0.25, -0.2) is 9.48 Å². The van der Waals surface area contributed by atoms with Gasteiger partial charge in [-0.15, -0.1) is 0 Å². The Kier molecular flexibility index (Phi) is 6.98. The summed E-state index contributed by atoms with van der Waals surface area (Å²) in [6, 6.07) is 22.1. The first-order valence-corrected chi connectivity index (χ1v) is 12.5. The molecular formula is C31H33N3O4. The van der Waals surface area contributed by atoms with E-state index in [0.717, 1.165) is 16.8 Å². The molecule has 38 heavy (non-hydrogen) atoms. The zero-order valence-corrected chi connectivity index (χ0v) is 22.9. The number of nitro benzene ring substituents is 1. The fourth-order valence-electron chi connectivity index (χ4n) is 4.18. The molecule has 0 fully saturated rings. The number of carbonyl (C=O) groups is 1. The van der Waals surface area contributed by atoms with Gasteiger partial charge in [0.15, 0.2) is 0 Å². The SMILES string of the molecule is COC(=O)c1ccc(-c2cc(-c3cc(C(C)(C)C)cc(C(C)(C)C)c3)n(-c3ccc([N+](=O)[O-])cc3)n2)cc1. The normalized spacial score (nSPS) is 11.9. The zero-order chi connectivity index (χ0) is 27.8. The molecule has 0 aliphatic carbocycles. The maximum absolute atomic E-state index is 11.9. The number of non-ortho nitro benzene ring substituents is 1. The number of nitro groups is 1. The van der Waals surface area contributed by atoms with E-state index < -0.39 is 10.9 Å². The molecule has 196 valence electrons. The molecule has 0 radical (unpaired) electrons. The lowest BCUT2D eigenvalue weighted by Gasteiger charge is -2.26. The average Bonchev–Trinajstić information content (AvgIpc) is 3.32. The Bertz CT molecular complexity index is 1450. The summed E-state index contributed by atoms with van der Waals surface area (Å²) >= 11 is 0. The smallest absolute Gasteiger partial charge is 0.337 e. The van der Waals surface area contributed by atoms with E-state index in [0.29, 0.717) is 16.9 Å². The van der Waals surface area contributed by atoms with Crippen LogP contribution in [0.4, 0.5) is 5.69 Å². The minimum atomic E-state index is -0.412. The molecule has 0 bridgehead atoms. The number of hydrogen-bond acceptors (Lipinski definition) is 5. The number of esters is 1. The van der Waals surface area contributed by atoms with E-state index in [2.05, 4.69) is 59.7 Å². The molecule has 0 aliphatic rings. The fraction of sp³-hybridized carbons (Fsp3) is 0.290. The third kappa shape index (κ3) is 5.52. The summed E-state index contributed by atoms with van der Waals surface area (Å²) in [5, 5.41) is 16.1. The summed E-state index contributed by atoms with van der Waals surface area (Å²) in [4.78, 5) is 22.7. The molecule has 7 heteroatoms. The van der Waals surface area contributed by atoms with Crippen molar-refractivity contribution in [1.29, 1.82) is 0 Å². The number of methoxy groups -OCH3 is 1. The topological polar surface area (TPSA) is 87.3 Å². The Morgan fingerprint density at radius 3 is 1.84 bits per heavy atom. The molecular weight excluding hydrogens is 478 g/mol. The molecule has 0 atom stereocenters. The van der Waals surface area contributed by atoms with Gasteiger partial charge >= 0.3 is 5.97 Å². The van der Waals surface area contributed by atoms with Gasteiger partial charge in [-0.05, 0) is 64.4 Å². The van der Waals surface area contributed by atoms with Crippen molar-refractivity contribution in [1.82, 2.24) is 9.78 Å². The highest BCUT2D eigenvalue weighted by Gasteiger charge is 2.23. The van der Waals surface area contributed by atoms with E-state index in [9.17, 15) is 14.9 Å². The first kappa shape index (κ1) is 26.8. The number of ether oxygens (including phenoxy) is 1. The third-order valence-corrected chi connectivity index (χ3v) is 6.58. The monoisotopic (exact) mass is 511 g/mol. The summed E-state index contributed by atoms with van der Waals surface area (Å²) in [7, 11) is 1.35. The Hall–Kier alpha value is -4.26. The second-order valence-corrected chi connectivity index (χ2v) is 11.5. The van der Waals surface area contributed by atoms with Crippen molar-refractivity contribution in [2.24, 2.45) is 0 Å². The highest BCUT2D eigenvalue weighted by molar-refractivity contribution is 5.90. The van der Waals surface area contributed by atoms with Gasteiger partial charge < -0.3 is 4.74 Å². The van der Waals surface area contributed by atoms with E-state index in [1.807, 2.05) is 22.9 Å². The summed E-state index contributed by atoms with van der Waals surface area (Å²) in [6.07, 6.45) is 0. The van der Waals surface area contributed by atoms with Crippen molar-refractivity contribution in [2.75, 3.05) is 7.11 Å². The summed E-state index contributed by atoms with van der Waals surface area (Å²) < 4.78 is 6.64. The molecule has 1 aromatic heterocycles. The highest BCUT2D eigenvalue weighted by atomic mass is 16.6. The van der Waals surface area contributed by atoms with Gasteiger partial charge in [-0.3, -0.25) is 10.1 Å². The van der Waals surface area contributed by atoms with Gasteiger partial charge in [0.1, 0.15) is 0 Å². The van der Waals surface area contributed by atoms with Crippen molar-refractivity contribution >= 4 is 11.7 Å². The van der Waals surface area contributed by atoms with Gasteiger partial charge in [0.2, 0.25) is 0 Å². The van der Waals surface area contributed by atoms with Crippen LogP contribution in [-0.4, -0.2) is 27.8 Å². The highest BCUT2D eigenvalue weighted by Crippen LogP contribution is 2.36. The average molecular weight is 512 g/mol. The maximum Gasteiger partial charge on any atom is 0.337 e. The van der Waals surface area contributed by atoms with Crippen molar-refractivity contribution in [3.63, 3.8) is 0 Å². The molecule has 0 unspecified atom stereocenters. The second-order valence-electron chi connectivity index (χ2n) is 11.5. The Morgan fingerprint density at radius 2 is 1.37 bits per heavy atom. The standard InChI is InChI=1S/C31H33N3O4/c1-30(2,3)23-16-22(17-24(18-23)31(4,5)6)28-19-27(20-8-10-21(11-9-20)29(35)38-7)32-33(28)25-12-14-26(15-13-25)34(36)37/h8-19H,1-7H3. The summed E-state index contributed by atoms with van der Waals surface area (Å²) in [6.45, 7) is 13.2.